The molecule has 4 nitrogen and oxygen atoms in total. The molecule has 0 aliphatic carbocycles. The van der Waals surface area contributed by atoms with Crippen molar-refractivity contribution in [1.82, 2.24) is 9.97 Å². The van der Waals surface area contributed by atoms with E-state index in [-0.39, 0.29) is 5.60 Å². The van der Waals surface area contributed by atoms with Gasteiger partial charge in [0.15, 0.2) is 5.82 Å². The second-order valence-corrected chi connectivity index (χ2v) is 7.94. The minimum Gasteiger partial charge on any atom is -0.497 e. The zero-order chi connectivity index (χ0) is 18.0. The van der Waals surface area contributed by atoms with E-state index in [0.29, 0.717) is 6.61 Å². The second kappa shape index (κ2) is 7.18. The van der Waals surface area contributed by atoms with Crippen LogP contribution in [0.15, 0.2) is 41.4 Å². The number of hydrogen-bond donors (Lipinski definition) is 0. The number of hydrogen-bond acceptors (Lipinski definition) is 5. The fraction of sp³-hybridized carbons (Fsp3) is 0.400. The lowest BCUT2D eigenvalue weighted by molar-refractivity contribution is -0.0428. The van der Waals surface area contributed by atoms with Crippen LogP contribution in [0, 0.1) is 0 Å². The van der Waals surface area contributed by atoms with Crippen LogP contribution in [-0.4, -0.2) is 28.4 Å². The van der Waals surface area contributed by atoms with E-state index in [9.17, 15) is 0 Å². The molecule has 1 aliphatic heterocycles. The third-order valence-electron chi connectivity index (χ3n) is 4.06. The number of methoxy groups -OCH3 is 1. The zero-order valence-corrected chi connectivity index (χ0v) is 16.1. The van der Waals surface area contributed by atoms with Gasteiger partial charge in [0.05, 0.1) is 25.0 Å². The van der Waals surface area contributed by atoms with Crippen LogP contribution in [0.5, 0.6) is 5.75 Å². The van der Waals surface area contributed by atoms with Crippen molar-refractivity contribution in [3.63, 3.8) is 0 Å². The third kappa shape index (κ3) is 4.22. The standard InChI is InChI=1S/C20H24N2O2S/c1-13(2)12-25-19-16-11-24-20(3,4)10-17(16)21-18(22-19)14-6-8-15(23-5)9-7-14/h6-9H,1,10-12H2,2-5H3. The highest BCUT2D eigenvalue weighted by molar-refractivity contribution is 7.99. The summed E-state index contributed by atoms with van der Waals surface area (Å²) in [6.07, 6.45) is 0.786. The molecule has 0 radical (unpaired) electrons. The predicted molar refractivity (Wildman–Crippen MR) is 102 cm³/mol. The number of ether oxygens (including phenoxy) is 2. The molecule has 0 unspecified atom stereocenters. The summed E-state index contributed by atoms with van der Waals surface area (Å²) >= 11 is 1.70. The smallest absolute Gasteiger partial charge is 0.160 e. The van der Waals surface area contributed by atoms with Crippen LogP contribution in [0.3, 0.4) is 0 Å². The fourth-order valence-electron chi connectivity index (χ4n) is 2.70. The SMILES string of the molecule is C=C(C)CSc1nc(-c2ccc(OC)cc2)nc2c1COC(C)(C)C2. The van der Waals surface area contributed by atoms with Gasteiger partial charge in [-0.3, -0.25) is 0 Å². The van der Waals surface area contributed by atoms with Crippen molar-refractivity contribution in [2.75, 3.05) is 12.9 Å². The summed E-state index contributed by atoms with van der Waals surface area (Å²) in [5.74, 6) is 2.42. The molecular formula is C20H24N2O2S. The summed E-state index contributed by atoms with van der Waals surface area (Å²) in [5.41, 5.74) is 4.11. The monoisotopic (exact) mass is 356 g/mol. The maximum atomic E-state index is 5.98. The number of rotatable bonds is 5. The van der Waals surface area contributed by atoms with Crippen molar-refractivity contribution in [1.29, 1.82) is 0 Å². The lowest BCUT2D eigenvalue weighted by Crippen LogP contribution is -2.33. The Morgan fingerprint density at radius 2 is 2.00 bits per heavy atom. The number of thioether (sulfide) groups is 1. The molecule has 2 aromatic rings. The number of aromatic nitrogens is 2. The first kappa shape index (κ1) is 18.0. The molecule has 5 heteroatoms. The van der Waals surface area contributed by atoms with E-state index in [0.717, 1.165) is 51.2 Å². The predicted octanol–water partition coefficient (Wildman–Crippen LogP) is 4.67. The molecule has 0 bridgehead atoms. The fourth-order valence-corrected chi connectivity index (χ4v) is 3.59. The van der Waals surface area contributed by atoms with Crippen molar-refractivity contribution in [2.45, 2.75) is 44.4 Å². The molecule has 0 saturated heterocycles. The van der Waals surface area contributed by atoms with E-state index in [4.69, 9.17) is 19.4 Å². The zero-order valence-electron chi connectivity index (χ0n) is 15.3. The van der Waals surface area contributed by atoms with Gasteiger partial charge in [-0.25, -0.2) is 9.97 Å². The Hall–Kier alpha value is -1.85. The Morgan fingerprint density at radius 1 is 1.28 bits per heavy atom. The number of fused-ring (bicyclic) bond motifs is 1. The first-order valence-corrected chi connectivity index (χ1v) is 9.32. The van der Waals surface area contributed by atoms with E-state index < -0.39 is 0 Å². The molecule has 25 heavy (non-hydrogen) atoms. The molecule has 1 aliphatic rings. The largest absolute Gasteiger partial charge is 0.497 e. The van der Waals surface area contributed by atoms with Crippen LogP contribution < -0.4 is 4.74 Å². The summed E-state index contributed by atoms with van der Waals surface area (Å²) in [4.78, 5) is 9.68. The van der Waals surface area contributed by atoms with Crippen LogP contribution in [0.25, 0.3) is 11.4 Å². The van der Waals surface area contributed by atoms with Crippen molar-refractivity contribution < 1.29 is 9.47 Å². The van der Waals surface area contributed by atoms with Gasteiger partial charge in [0, 0.05) is 23.3 Å². The normalized spacial score (nSPS) is 15.5. The summed E-state index contributed by atoms with van der Waals surface area (Å²) in [6.45, 7) is 10.8. The molecule has 1 aromatic heterocycles. The molecule has 0 spiro atoms. The number of nitrogens with zero attached hydrogens (tertiary/aromatic N) is 2. The molecule has 2 heterocycles. The Balaban J connectivity index is 2.03. The lowest BCUT2D eigenvalue weighted by Gasteiger charge is -2.32. The van der Waals surface area contributed by atoms with E-state index in [1.807, 2.05) is 31.2 Å². The maximum absolute atomic E-state index is 5.98. The first-order valence-electron chi connectivity index (χ1n) is 8.33. The lowest BCUT2D eigenvalue weighted by atomic mass is 9.96. The van der Waals surface area contributed by atoms with Gasteiger partial charge >= 0.3 is 0 Å². The van der Waals surface area contributed by atoms with Crippen LogP contribution in [0.1, 0.15) is 32.0 Å². The van der Waals surface area contributed by atoms with Gasteiger partial charge in [0.2, 0.25) is 0 Å². The van der Waals surface area contributed by atoms with Gasteiger partial charge < -0.3 is 9.47 Å². The van der Waals surface area contributed by atoms with Gasteiger partial charge in [-0.15, -0.1) is 11.8 Å². The topological polar surface area (TPSA) is 44.2 Å². The summed E-state index contributed by atoms with van der Waals surface area (Å²) in [6, 6.07) is 7.87. The average molecular weight is 356 g/mol. The van der Waals surface area contributed by atoms with Gasteiger partial charge in [-0.1, -0.05) is 12.2 Å². The van der Waals surface area contributed by atoms with Gasteiger partial charge in [0.25, 0.3) is 0 Å². The molecule has 0 N–H and O–H groups in total. The van der Waals surface area contributed by atoms with E-state index in [2.05, 4.69) is 20.4 Å². The second-order valence-electron chi connectivity index (χ2n) is 6.98. The van der Waals surface area contributed by atoms with Gasteiger partial charge in [-0.05, 0) is 45.0 Å². The van der Waals surface area contributed by atoms with Gasteiger partial charge in [0.1, 0.15) is 10.8 Å². The maximum Gasteiger partial charge on any atom is 0.160 e. The third-order valence-corrected chi connectivity index (χ3v) is 5.31. The highest BCUT2D eigenvalue weighted by Gasteiger charge is 2.30. The highest BCUT2D eigenvalue weighted by atomic mass is 32.2. The first-order chi connectivity index (χ1) is 11.9. The molecule has 0 saturated carbocycles. The molecule has 3 rings (SSSR count). The van der Waals surface area contributed by atoms with Crippen molar-refractivity contribution in [3.8, 4) is 17.1 Å². The van der Waals surface area contributed by atoms with Crippen LogP contribution >= 0.6 is 11.8 Å². The van der Waals surface area contributed by atoms with Crippen molar-refractivity contribution in [3.05, 3.63) is 47.7 Å². The Kier molecular flexibility index (Phi) is 5.16. The highest BCUT2D eigenvalue weighted by Crippen LogP contribution is 2.34. The van der Waals surface area contributed by atoms with E-state index in [1.165, 1.54) is 0 Å². The number of benzene rings is 1. The molecule has 132 valence electrons. The minimum atomic E-state index is -0.200. The molecule has 0 fully saturated rings. The summed E-state index contributed by atoms with van der Waals surface area (Å²) < 4.78 is 11.2. The van der Waals surface area contributed by atoms with Crippen molar-refractivity contribution >= 4 is 11.8 Å². The minimum absolute atomic E-state index is 0.200. The van der Waals surface area contributed by atoms with Crippen LogP contribution in [0.2, 0.25) is 0 Å². The van der Waals surface area contributed by atoms with E-state index >= 15 is 0 Å². The van der Waals surface area contributed by atoms with Gasteiger partial charge in [-0.2, -0.15) is 0 Å². The van der Waals surface area contributed by atoms with E-state index in [1.54, 1.807) is 18.9 Å². The molecule has 1 aromatic carbocycles. The summed E-state index contributed by atoms with van der Waals surface area (Å²) in [7, 11) is 1.67. The quantitative estimate of drug-likeness (QED) is 0.442. The molecule has 0 amide bonds. The van der Waals surface area contributed by atoms with Crippen LogP contribution in [0.4, 0.5) is 0 Å². The Labute approximate surface area is 153 Å². The summed E-state index contributed by atoms with van der Waals surface area (Å²) in [5, 5.41) is 0.995. The average Bonchev–Trinajstić information content (AvgIpc) is 2.58. The van der Waals surface area contributed by atoms with Crippen molar-refractivity contribution in [2.24, 2.45) is 0 Å². The Bertz CT molecular complexity index is 785. The molecular weight excluding hydrogens is 332 g/mol. The van der Waals surface area contributed by atoms with Crippen LogP contribution in [-0.2, 0) is 17.8 Å². The molecule has 0 atom stereocenters. The Morgan fingerprint density at radius 3 is 2.64 bits per heavy atom.